The monoisotopic (exact) mass is 293 g/mol. The quantitative estimate of drug-likeness (QED) is 0.847. The number of carbonyl (C=O) groups excluding carboxylic acids is 1. The average Bonchev–Trinajstić information content (AvgIpc) is 2.42. The van der Waals surface area contributed by atoms with Gasteiger partial charge in [-0.15, -0.1) is 0 Å². The molecule has 2 atom stereocenters. The third kappa shape index (κ3) is 5.34. The van der Waals surface area contributed by atoms with E-state index in [1.54, 1.807) is 25.1 Å². The SMILES string of the molecule is Cc1cccnc1C(NC(=O)N(C)CCC(C)O)C(C)C. The van der Waals surface area contributed by atoms with Crippen LogP contribution in [0.15, 0.2) is 18.3 Å². The lowest BCUT2D eigenvalue weighted by atomic mass is 9.97. The summed E-state index contributed by atoms with van der Waals surface area (Å²) in [5, 5.41) is 12.3. The molecule has 0 aliphatic heterocycles. The number of amides is 2. The highest BCUT2D eigenvalue weighted by molar-refractivity contribution is 5.74. The maximum absolute atomic E-state index is 12.3. The van der Waals surface area contributed by atoms with Crippen LogP contribution in [0.25, 0.3) is 0 Å². The van der Waals surface area contributed by atoms with Crippen molar-refractivity contribution in [1.29, 1.82) is 0 Å². The zero-order valence-electron chi connectivity index (χ0n) is 13.6. The lowest BCUT2D eigenvalue weighted by Crippen LogP contribution is -2.42. The number of aliphatic hydroxyl groups excluding tert-OH is 1. The highest BCUT2D eigenvalue weighted by Crippen LogP contribution is 2.22. The van der Waals surface area contributed by atoms with E-state index in [1.165, 1.54) is 0 Å². The lowest BCUT2D eigenvalue weighted by Gasteiger charge is -2.27. The fourth-order valence-corrected chi connectivity index (χ4v) is 2.10. The highest BCUT2D eigenvalue weighted by Gasteiger charge is 2.22. The summed E-state index contributed by atoms with van der Waals surface area (Å²) in [6.45, 7) is 8.38. The van der Waals surface area contributed by atoms with Crippen LogP contribution in [-0.4, -0.2) is 40.7 Å². The van der Waals surface area contributed by atoms with E-state index in [9.17, 15) is 9.90 Å². The molecule has 5 nitrogen and oxygen atoms in total. The minimum atomic E-state index is -0.404. The van der Waals surface area contributed by atoms with Gasteiger partial charge in [-0.25, -0.2) is 4.79 Å². The van der Waals surface area contributed by atoms with Crippen LogP contribution in [0.5, 0.6) is 0 Å². The first-order valence-corrected chi connectivity index (χ1v) is 7.44. The van der Waals surface area contributed by atoms with Crippen molar-refractivity contribution in [2.24, 2.45) is 5.92 Å². The zero-order valence-corrected chi connectivity index (χ0v) is 13.6. The fraction of sp³-hybridized carbons (Fsp3) is 0.625. The Labute approximate surface area is 127 Å². The number of aryl methyl sites for hydroxylation is 1. The molecule has 0 aliphatic carbocycles. The Bertz CT molecular complexity index is 461. The molecule has 2 unspecified atom stereocenters. The van der Waals surface area contributed by atoms with E-state index in [2.05, 4.69) is 24.1 Å². The maximum Gasteiger partial charge on any atom is 0.317 e. The number of urea groups is 1. The van der Waals surface area contributed by atoms with E-state index in [0.717, 1.165) is 11.3 Å². The number of hydrogen-bond acceptors (Lipinski definition) is 3. The van der Waals surface area contributed by atoms with Gasteiger partial charge in [-0.05, 0) is 37.8 Å². The Hall–Kier alpha value is -1.62. The van der Waals surface area contributed by atoms with E-state index in [0.29, 0.717) is 13.0 Å². The Morgan fingerprint density at radius 1 is 1.43 bits per heavy atom. The molecule has 0 radical (unpaired) electrons. The molecule has 0 fully saturated rings. The first-order chi connectivity index (χ1) is 9.82. The van der Waals surface area contributed by atoms with E-state index in [1.807, 2.05) is 19.1 Å². The standard InChI is InChI=1S/C16H27N3O2/c1-11(2)14(15-12(3)7-6-9-17-15)18-16(21)19(5)10-8-13(4)20/h6-7,9,11,13-14,20H,8,10H2,1-5H3,(H,18,21). The van der Waals surface area contributed by atoms with Crippen molar-refractivity contribution < 1.29 is 9.90 Å². The topological polar surface area (TPSA) is 65.5 Å². The molecule has 5 heteroatoms. The largest absolute Gasteiger partial charge is 0.393 e. The molecule has 0 saturated carbocycles. The lowest BCUT2D eigenvalue weighted by molar-refractivity contribution is 0.161. The van der Waals surface area contributed by atoms with Crippen LogP contribution in [-0.2, 0) is 0 Å². The third-order valence-corrected chi connectivity index (χ3v) is 3.52. The summed E-state index contributed by atoms with van der Waals surface area (Å²) in [6.07, 6.45) is 1.92. The second-order valence-electron chi connectivity index (χ2n) is 5.94. The van der Waals surface area contributed by atoms with Gasteiger partial charge >= 0.3 is 6.03 Å². The highest BCUT2D eigenvalue weighted by atomic mass is 16.3. The second kappa shape index (κ2) is 7.98. The van der Waals surface area contributed by atoms with Gasteiger partial charge in [0.05, 0.1) is 17.8 Å². The van der Waals surface area contributed by atoms with E-state index >= 15 is 0 Å². The Morgan fingerprint density at radius 3 is 2.62 bits per heavy atom. The molecule has 1 aromatic rings. The van der Waals surface area contributed by atoms with Gasteiger partial charge in [0.15, 0.2) is 0 Å². The van der Waals surface area contributed by atoms with Crippen LogP contribution >= 0.6 is 0 Å². The van der Waals surface area contributed by atoms with Gasteiger partial charge < -0.3 is 15.3 Å². The van der Waals surface area contributed by atoms with Gasteiger partial charge in [-0.1, -0.05) is 19.9 Å². The number of nitrogens with zero attached hydrogens (tertiary/aromatic N) is 2. The predicted molar refractivity (Wildman–Crippen MR) is 84.0 cm³/mol. The van der Waals surface area contributed by atoms with E-state index < -0.39 is 6.10 Å². The molecule has 21 heavy (non-hydrogen) atoms. The minimum Gasteiger partial charge on any atom is -0.393 e. The molecule has 1 rings (SSSR count). The van der Waals surface area contributed by atoms with Crippen LogP contribution in [0.2, 0.25) is 0 Å². The number of hydrogen-bond donors (Lipinski definition) is 2. The van der Waals surface area contributed by atoms with Gasteiger partial charge in [-0.3, -0.25) is 4.98 Å². The summed E-state index contributed by atoms with van der Waals surface area (Å²) in [5.74, 6) is 0.243. The third-order valence-electron chi connectivity index (χ3n) is 3.52. The van der Waals surface area contributed by atoms with Gasteiger partial charge in [0, 0.05) is 19.8 Å². The molecule has 0 spiro atoms. The Kier molecular flexibility index (Phi) is 6.62. The van der Waals surface area contributed by atoms with Crippen molar-refractivity contribution in [2.45, 2.75) is 46.3 Å². The van der Waals surface area contributed by atoms with Crippen molar-refractivity contribution in [1.82, 2.24) is 15.2 Å². The van der Waals surface area contributed by atoms with Gasteiger partial charge in [-0.2, -0.15) is 0 Å². The fourth-order valence-electron chi connectivity index (χ4n) is 2.10. The molecule has 2 amide bonds. The molecule has 1 heterocycles. The van der Waals surface area contributed by atoms with Gasteiger partial charge in [0.2, 0.25) is 0 Å². The van der Waals surface area contributed by atoms with E-state index in [4.69, 9.17) is 0 Å². The number of pyridine rings is 1. The first-order valence-electron chi connectivity index (χ1n) is 7.44. The average molecular weight is 293 g/mol. The Morgan fingerprint density at radius 2 is 2.10 bits per heavy atom. The van der Waals surface area contributed by atoms with Crippen molar-refractivity contribution in [2.75, 3.05) is 13.6 Å². The van der Waals surface area contributed by atoms with Crippen LogP contribution in [0.3, 0.4) is 0 Å². The van der Waals surface area contributed by atoms with Crippen LogP contribution < -0.4 is 5.32 Å². The summed E-state index contributed by atoms with van der Waals surface area (Å²) in [7, 11) is 1.74. The maximum atomic E-state index is 12.3. The van der Waals surface area contributed by atoms with Crippen molar-refractivity contribution >= 4 is 6.03 Å². The molecule has 0 aromatic carbocycles. The van der Waals surface area contributed by atoms with Crippen molar-refractivity contribution in [3.05, 3.63) is 29.6 Å². The minimum absolute atomic E-state index is 0.118. The van der Waals surface area contributed by atoms with Crippen LogP contribution in [0.4, 0.5) is 4.79 Å². The van der Waals surface area contributed by atoms with Gasteiger partial charge in [0.25, 0.3) is 0 Å². The molecule has 118 valence electrons. The molecular weight excluding hydrogens is 266 g/mol. The zero-order chi connectivity index (χ0) is 16.0. The molecule has 1 aromatic heterocycles. The smallest absolute Gasteiger partial charge is 0.317 e. The van der Waals surface area contributed by atoms with Crippen molar-refractivity contribution in [3.63, 3.8) is 0 Å². The number of carbonyl (C=O) groups is 1. The summed E-state index contributed by atoms with van der Waals surface area (Å²) >= 11 is 0. The summed E-state index contributed by atoms with van der Waals surface area (Å²) in [6, 6.07) is 3.64. The number of rotatable bonds is 6. The van der Waals surface area contributed by atoms with Crippen LogP contribution in [0, 0.1) is 12.8 Å². The normalized spacial score (nSPS) is 13.9. The number of nitrogens with one attached hydrogen (secondary N) is 1. The number of aliphatic hydroxyl groups is 1. The summed E-state index contributed by atoms with van der Waals surface area (Å²) in [4.78, 5) is 18.3. The van der Waals surface area contributed by atoms with E-state index in [-0.39, 0.29) is 18.0 Å². The molecule has 0 bridgehead atoms. The second-order valence-corrected chi connectivity index (χ2v) is 5.94. The van der Waals surface area contributed by atoms with Gasteiger partial charge in [0.1, 0.15) is 0 Å². The molecule has 0 saturated heterocycles. The summed E-state index contributed by atoms with van der Waals surface area (Å²) < 4.78 is 0. The molecular formula is C16H27N3O2. The molecule has 2 N–H and O–H groups in total. The Balaban J connectivity index is 2.75. The summed E-state index contributed by atoms with van der Waals surface area (Å²) in [5.41, 5.74) is 1.98. The van der Waals surface area contributed by atoms with Crippen molar-refractivity contribution in [3.8, 4) is 0 Å². The first kappa shape index (κ1) is 17.4. The predicted octanol–water partition coefficient (Wildman–Crippen LogP) is 2.50. The molecule has 0 aliphatic rings. The van der Waals surface area contributed by atoms with Crippen LogP contribution in [0.1, 0.15) is 44.5 Å². The number of aromatic nitrogens is 1.